The third-order valence-electron chi connectivity index (χ3n) is 14.0. The maximum atomic E-state index is 11.9. The van der Waals surface area contributed by atoms with E-state index in [0.717, 1.165) is 38.5 Å². The van der Waals surface area contributed by atoms with Gasteiger partial charge in [-0.15, -0.1) is 23.2 Å². The zero-order valence-electron chi connectivity index (χ0n) is 33.6. The molecule has 10 aliphatic rings. The van der Waals surface area contributed by atoms with Gasteiger partial charge in [0.1, 0.15) is 13.6 Å². The molecule has 60 heavy (non-hydrogen) atoms. The second-order valence-corrected chi connectivity index (χ2v) is 21.9. The molecule has 10 fully saturated rings. The van der Waals surface area contributed by atoms with Crippen LogP contribution >= 0.6 is 62.0 Å². The van der Waals surface area contributed by atoms with Crippen molar-refractivity contribution in [1.29, 1.82) is 0 Å². The molecule has 0 radical (unpaired) electrons. The van der Waals surface area contributed by atoms with E-state index in [4.69, 9.17) is 84.5 Å². The fourth-order valence-corrected chi connectivity index (χ4v) is 15.1. The molecular weight excluding hydrogens is 952 g/mol. The molecule has 6 atom stereocenters. The van der Waals surface area contributed by atoms with E-state index in [1.54, 1.807) is 12.1 Å². The van der Waals surface area contributed by atoms with E-state index in [-0.39, 0.29) is 186 Å². The Hall–Kier alpha value is 3.26. The van der Waals surface area contributed by atoms with E-state index in [0.29, 0.717) is 48.6 Å². The van der Waals surface area contributed by atoms with Gasteiger partial charge in [-0.05, 0) is 124 Å². The average molecular weight is 990 g/mol. The third-order valence-corrected chi connectivity index (χ3v) is 16.4. The molecule has 0 amide bonds. The number of hydrogen-bond acceptors (Lipinski definition) is 12. The van der Waals surface area contributed by atoms with Crippen molar-refractivity contribution >= 4 is 62.0 Å². The van der Waals surface area contributed by atoms with Gasteiger partial charge in [0.2, 0.25) is 0 Å². The van der Waals surface area contributed by atoms with Crippen LogP contribution in [0.3, 0.4) is 0 Å². The number of halogens is 4. The minimum Gasteiger partial charge on any atom is -0.780 e. The monoisotopic (exact) mass is 988 g/mol. The van der Waals surface area contributed by atoms with Gasteiger partial charge in [-0.1, -0.05) is 35.3 Å². The molecule has 306 valence electrons. The molecule has 2 aliphatic heterocycles. The predicted molar refractivity (Wildman–Crippen MR) is 193 cm³/mol. The van der Waals surface area contributed by atoms with Crippen LogP contribution in [-0.4, -0.2) is 44.0 Å². The summed E-state index contributed by atoms with van der Waals surface area (Å²) in [5.74, 6) is -3.35. The first-order chi connectivity index (χ1) is 26.3. The Bertz CT molecular complexity index is 1910. The number of ether oxygens (including phenoxy) is 2. The minimum atomic E-state index is -5.50. The van der Waals surface area contributed by atoms with Crippen LogP contribution < -0.4 is 137 Å². The Morgan fingerprint density at radius 2 is 0.983 bits per heavy atom. The summed E-state index contributed by atoms with van der Waals surface area (Å²) in [5.41, 5.74) is -1.34. The molecule has 8 aliphatic carbocycles. The van der Waals surface area contributed by atoms with E-state index in [1.807, 2.05) is 0 Å². The van der Waals surface area contributed by atoms with Crippen molar-refractivity contribution in [2.75, 3.05) is 13.2 Å². The molecule has 2 aromatic carbocycles. The van der Waals surface area contributed by atoms with Crippen molar-refractivity contribution in [3.63, 3.8) is 0 Å². The van der Waals surface area contributed by atoms with Gasteiger partial charge >= 0.3 is 126 Å². The molecular formula is C36H38Cl4Na4O14P2+2. The van der Waals surface area contributed by atoms with Crippen molar-refractivity contribution in [2.24, 2.45) is 35.5 Å². The zero-order chi connectivity index (χ0) is 39.3. The SMILES string of the molecule is O=P([O-])([O-])Oc1cc(C2(OCCOC3(c4ccc(Cl)c(OP(=O)(O)O)c4)OOC34C3CC5CC4CC(Cl)(C5)C3)OOC23C2CC4CC3CC(Cl)(C4)C2)ccc1Cl.[Na+].[Na+].[Na+].[Na+]. The summed E-state index contributed by atoms with van der Waals surface area (Å²) in [6.07, 6.45) is 7.76. The van der Waals surface area contributed by atoms with Crippen molar-refractivity contribution in [1.82, 2.24) is 0 Å². The quantitative estimate of drug-likeness (QED) is 0.0714. The predicted octanol–water partition coefficient (Wildman–Crippen LogP) is -5.24. The summed E-state index contributed by atoms with van der Waals surface area (Å²) >= 11 is 27.0. The Kier molecular flexibility index (Phi) is 16.0. The fraction of sp³-hybridized carbons (Fsp3) is 0.667. The number of phosphoric acid groups is 2. The summed E-state index contributed by atoms with van der Waals surface area (Å²) < 4.78 is 47.0. The molecule has 14 nitrogen and oxygen atoms in total. The minimum absolute atomic E-state index is 0. The summed E-state index contributed by atoms with van der Waals surface area (Å²) in [5, 5.41) is -0.137. The maximum Gasteiger partial charge on any atom is 1.00 e. The molecule has 2 spiro atoms. The second-order valence-electron chi connectivity index (χ2n) is 17.2. The van der Waals surface area contributed by atoms with Crippen molar-refractivity contribution in [2.45, 2.75) is 96.7 Å². The number of phosphoric ester groups is 2. The third kappa shape index (κ3) is 8.45. The van der Waals surface area contributed by atoms with E-state index >= 15 is 0 Å². The van der Waals surface area contributed by atoms with Gasteiger partial charge in [0.15, 0.2) is 17.0 Å². The van der Waals surface area contributed by atoms with Crippen LogP contribution in [0.25, 0.3) is 0 Å². The summed E-state index contributed by atoms with van der Waals surface area (Å²) in [6, 6.07) is 8.85. The number of benzene rings is 2. The van der Waals surface area contributed by atoms with Crippen LogP contribution in [0.15, 0.2) is 36.4 Å². The topological polar surface area (TPSA) is 195 Å². The van der Waals surface area contributed by atoms with Gasteiger partial charge < -0.3 is 32.9 Å². The van der Waals surface area contributed by atoms with Crippen molar-refractivity contribution < 1.29 is 185 Å². The van der Waals surface area contributed by atoms with Crippen LogP contribution in [0, 0.1) is 35.5 Å². The number of alkyl halides is 2. The average Bonchev–Trinajstić information content (AvgIpc) is 3.05. The molecule has 24 heteroatoms. The molecule has 8 saturated carbocycles. The van der Waals surface area contributed by atoms with Gasteiger partial charge in [0.05, 0.1) is 23.3 Å². The van der Waals surface area contributed by atoms with E-state index < -0.39 is 38.4 Å². The molecule has 2 N–H and O–H groups in total. The van der Waals surface area contributed by atoms with Gasteiger partial charge in [-0.2, -0.15) is 9.78 Å². The first kappa shape index (κ1) is 52.6. The molecule has 0 aromatic heterocycles. The Morgan fingerprint density at radius 1 is 0.617 bits per heavy atom. The van der Waals surface area contributed by atoms with Crippen LogP contribution in [0.4, 0.5) is 0 Å². The second kappa shape index (κ2) is 18.2. The van der Waals surface area contributed by atoms with Crippen LogP contribution in [-0.2, 0) is 49.7 Å². The van der Waals surface area contributed by atoms with Crippen LogP contribution in [0.2, 0.25) is 10.0 Å². The summed E-state index contributed by atoms with van der Waals surface area (Å²) in [4.78, 5) is 66.5. The molecule has 2 saturated heterocycles. The Labute approximate surface area is 455 Å². The first-order valence-electron chi connectivity index (χ1n) is 18.8. The molecule has 8 bridgehead atoms. The Morgan fingerprint density at radius 3 is 1.28 bits per heavy atom. The van der Waals surface area contributed by atoms with Gasteiger partial charge in [-0.25, -0.2) is 14.3 Å². The maximum absolute atomic E-state index is 11.9. The number of rotatable bonds is 11. The standard InChI is InChI=1S/C36H40Cl4O14P2.4Na/c37-27-3-1-21(11-29(27)49-55(41,42)43)35(33(51-53-35)23-7-19-8-24(33)16-31(39,13-19)15-23)47-5-6-48-36(22-2-4-28(38)30(12-22)50-56(44,45)46)34(52-54-36)25-9-20-10-26(34)18-32(40,14-20)17-25;;;;/h1-4,11-12,19-20,23-26H,5-10,13-18H2,(H2,41,42,43)(H2,44,45,46);;;;/q;4*+1/p-2. The van der Waals surface area contributed by atoms with Gasteiger partial charge in [-0.3, -0.25) is 9.79 Å². The van der Waals surface area contributed by atoms with E-state index in [1.165, 1.54) is 24.3 Å². The number of hydrogen-bond donors (Lipinski definition) is 2. The summed E-state index contributed by atoms with van der Waals surface area (Å²) in [7, 11) is -10.5. The summed E-state index contributed by atoms with van der Waals surface area (Å²) in [6.45, 7) is -0.248. The molecule has 12 rings (SSSR count). The van der Waals surface area contributed by atoms with Gasteiger partial charge in [0, 0.05) is 20.9 Å². The van der Waals surface area contributed by atoms with E-state index in [2.05, 4.69) is 0 Å². The van der Waals surface area contributed by atoms with Crippen LogP contribution in [0.5, 0.6) is 11.5 Å². The van der Waals surface area contributed by atoms with Gasteiger partial charge in [0.25, 0.3) is 11.6 Å². The van der Waals surface area contributed by atoms with Crippen molar-refractivity contribution in [3.05, 3.63) is 57.6 Å². The molecule has 2 heterocycles. The normalized spacial score (nSPS) is 41.3. The van der Waals surface area contributed by atoms with Crippen molar-refractivity contribution in [3.8, 4) is 11.5 Å². The van der Waals surface area contributed by atoms with Crippen LogP contribution in [0.1, 0.15) is 75.3 Å². The fourth-order valence-electron chi connectivity index (χ4n) is 12.7. The first-order valence-corrected chi connectivity index (χ1v) is 23.3. The zero-order valence-corrected chi connectivity index (χ0v) is 46.4. The molecule has 6 unspecified atom stereocenters. The Balaban J connectivity index is 0.00000151. The largest absolute Gasteiger partial charge is 1.00 e. The molecule has 2 aromatic rings. The smallest absolute Gasteiger partial charge is 0.780 e. The van der Waals surface area contributed by atoms with E-state index in [9.17, 15) is 28.7 Å².